The fourth-order valence-corrected chi connectivity index (χ4v) is 2.35. The molecule has 0 saturated carbocycles. The molecule has 0 aliphatic carbocycles. The lowest BCUT2D eigenvalue weighted by Crippen LogP contribution is -2.39. The number of nitro groups is 1. The summed E-state index contributed by atoms with van der Waals surface area (Å²) >= 11 is 0. The molecular formula is C13H20N4O2. The summed E-state index contributed by atoms with van der Waals surface area (Å²) in [6.45, 7) is 6.94. The Labute approximate surface area is 112 Å². The number of hydrogen-bond donors (Lipinski definition) is 2. The van der Waals surface area contributed by atoms with Crippen LogP contribution in [0.15, 0.2) is 12.3 Å². The number of piperidine rings is 1. The van der Waals surface area contributed by atoms with Crippen LogP contribution in [0.3, 0.4) is 0 Å². The van der Waals surface area contributed by atoms with Gasteiger partial charge >= 0.3 is 0 Å². The minimum atomic E-state index is -0.403. The maximum Gasteiger partial charge on any atom is 0.290 e. The van der Waals surface area contributed by atoms with Gasteiger partial charge in [-0.15, -0.1) is 0 Å². The first-order valence-corrected chi connectivity index (χ1v) is 6.56. The van der Waals surface area contributed by atoms with Crippen LogP contribution in [-0.2, 0) is 0 Å². The van der Waals surface area contributed by atoms with Crippen molar-refractivity contribution in [2.75, 3.05) is 25.0 Å². The van der Waals surface area contributed by atoms with Crippen molar-refractivity contribution in [2.45, 2.75) is 26.7 Å². The van der Waals surface area contributed by atoms with Gasteiger partial charge in [-0.25, -0.2) is 4.98 Å². The van der Waals surface area contributed by atoms with E-state index in [4.69, 9.17) is 0 Å². The van der Waals surface area contributed by atoms with Gasteiger partial charge in [0.15, 0.2) is 0 Å². The van der Waals surface area contributed by atoms with Crippen LogP contribution < -0.4 is 10.6 Å². The van der Waals surface area contributed by atoms with Gasteiger partial charge in [0.2, 0.25) is 0 Å². The molecule has 6 heteroatoms. The summed E-state index contributed by atoms with van der Waals surface area (Å²) in [5.41, 5.74) is 0.972. The van der Waals surface area contributed by atoms with E-state index in [2.05, 4.69) is 22.5 Å². The lowest BCUT2D eigenvalue weighted by atomic mass is 9.81. The van der Waals surface area contributed by atoms with Crippen LogP contribution >= 0.6 is 0 Å². The number of hydrogen-bond acceptors (Lipinski definition) is 5. The van der Waals surface area contributed by atoms with E-state index in [1.165, 1.54) is 6.20 Å². The molecule has 2 rings (SSSR count). The van der Waals surface area contributed by atoms with Crippen molar-refractivity contribution < 1.29 is 4.92 Å². The summed E-state index contributed by atoms with van der Waals surface area (Å²) in [6, 6.07) is 1.74. The molecule has 1 aromatic heterocycles. The second kappa shape index (κ2) is 5.52. The van der Waals surface area contributed by atoms with Crippen LogP contribution in [-0.4, -0.2) is 29.5 Å². The first-order valence-electron chi connectivity index (χ1n) is 6.56. The van der Waals surface area contributed by atoms with E-state index in [1.54, 1.807) is 13.0 Å². The Morgan fingerprint density at radius 1 is 1.53 bits per heavy atom. The van der Waals surface area contributed by atoms with Gasteiger partial charge in [-0.2, -0.15) is 0 Å². The highest BCUT2D eigenvalue weighted by molar-refractivity contribution is 5.46. The molecule has 1 aliphatic heterocycles. The number of anilines is 1. The normalized spacial score (nSPS) is 18.0. The van der Waals surface area contributed by atoms with Crippen molar-refractivity contribution in [1.29, 1.82) is 0 Å². The van der Waals surface area contributed by atoms with Gasteiger partial charge in [0.1, 0.15) is 12.0 Å². The van der Waals surface area contributed by atoms with Gasteiger partial charge in [0.05, 0.1) is 4.92 Å². The number of aryl methyl sites for hydroxylation is 1. The third-order valence-corrected chi connectivity index (χ3v) is 3.79. The Balaban J connectivity index is 2.00. The zero-order valence-corrected chi connectivity index (χ0v) is 11.4. The van der Waals surface area contributed by atoms with Crippen LogP contribution in [0.5, 0.6) is 0 Å². The van der Waals surface area contributed by atoms with Crippen molar-refractivity contribution in [2.24, 2.45) is 5.41 Å². The molecule has 0 radical (unpaired) electrons. The first kappa shape index (κ1) is 13.7. The Morgan fingerprint density at radius 2 is 2.21 bits per heavy atom. The average Bonchev–Trinajstić information content (AvgIpc) is 2.37. The Bertz CT molecular complexity index is 470. The minimum absolute atomic E-state index is 0.0682. The van der Waals surface area contributed by atoms with Gasteiger partial charge < -0.3 is 10.6 Å². The molecule has 0 bridgehead atoms. The predicted octanol–water partition coefficient (Wildman–Crippen LogP) is 2.10. The maximum absolute atomic E-state index is 10.7. The van der Waals surface area contributed by atoms with Crippen molar-refractivity contribution >= 4 is 11.5 Å². The molecule has 2 N–H and O–H groups in total. The molecule has 19 heavy (non-hydrogen) atoms. The summed E-state index contributed by atoms with van der Waals surface area (Å²) in [7, 11) is 0. The number of aromatic nitrogens is 1. The molecule has 0 amide bonds. The molecule has 1 fully saturated rings. The van der Waals surface area contributed by atoms with Crippen molar-refractivity contribution in [3.05, 3.63) is 27.9 Å². The number of nitrogens with zero attached hydrogens (tertiary/aromatic N) is 2. The zero-order chi connectivity index (χ0) is 13.9. The molecule has 0 spiro atoms. The van der Waals surface area contributed by atoms with Crippen molar-refractivity contribution in [3.63, 3.8) is 0 Å². The molecule has 1 saturated heterocycles. The van der Waals surface area contributed by atoms with E-state index in [9.17, 15) is 10.1 Å². The van der Waals surface area contributed by atoms with Gasteiger partial charge in [-0.05, 0) is 44.3 Å². The molecule has 1 aromatic rings. The van der Waals surface area contributed by atoms with Gasteiger partial charge in [-0.1, -0.05) is 6.92 Å². The fraction of sp³-hybridized carbons (Fsp3) is 0.615. The lowest BCUT2D eigenvalue weighted by molar-refractivity contribution is -0.385. The predicted molar refractivity (Wildman–Crippen MR) is 74.3 cm³/mol. The van der Waals surface area contributed by atoms with Crippen LogP contribution in [0.2, 0.25) is 0 Å². The monoisotopic (exact) mass is 264 g/mol. The van der Waals surface area contributed by atoms with Crippen LogP contribution in [0.25, 0.3) is 0 Å². The summed E-state index contributed by atoms with van der Waals surface area (Å²) in [5.74, 6) is 0.711. The van der Waals surface area contributed by atoms with Crippen LogP contribution in [0.4, 0.5) is 11.5 Å². The number of pyridine rings is 1. The SMILES string of the molecule is Cc1cc(NCC2(C)CCNCC2)ncc1[N+](=O)[O-]. The topological polar surface area (TPSA) is 80.1 Å². The van der Waals surface area contributed by atoms with Crippen molar-refractivity contribution in [3.8, 4) is 0 Å². The molecule has 0 aromatic carbocycles. The van der Waals surface area contributed by atoms with Gasteiger partial charge in [-0.3, -0.25) is 10.1 Å². The van der Waals surface area contributed by atoms with Gasteiger partial charge in [0.25, 0.3) is 5.69 Å². The molecule has 0 unspecified atom stereocenters. The second-order valence-corrected chi connectivity index (χ2v) is 5.53. The zero-order valence-electron chi connectivity index (χ0n) is 11.4. The van der Waals surface area contributed by atoms with Crippen LogP contribution in [0.1, 0.15) is 25.3 Å². The number of rotatable bonds is 4. The second-order valence-electron chi connectivity index (χ2n) is 5.53. The van der Waals surface area contributed by atoms with Gasteiger partial charge in [0, 0.05) is 12.1 Å². The third kappa shape index (κ3) is 3.41. The van der Waals surface area contributed by atoms with E-state index < -0.39 is 4.92 Å². The third-order valence-electron chi connectivity index (χ3n) is 3.79. The summed E-state index contributed by atoms with van der Waals surface area (Å²) < 4.78 is 0. The molecule has 104 valence electrons. The quantitative estimate of drug-likeness (QED) is 0.643. The Morgan fingerprint density at radius 3 is 2.79 bits per heavy atom. The Hall–Kier alpha value is -1.69. The summed E-state index contributed by atoms with van der Waals surface area (Å²) in [4.78, 5) is 14.4. The molecule has 0 atom stereocenters. The first-order chi connectivity index (χ1) is 9.00. The van der Waals surface area contributed by atoms with E-state index in [-0.39, 0.29) is 11.1 Å². The fourth-order valence-electron chi connectivity index (χ4n) is 2.35. The highest BCUT2D eigenvalue weighted by atomic mass is 16.6. The lowest BCUT2D eigenvalue weighted by Gasteiger charge is -2.34. The van der Waals surface area contributed by atoms with E-state index in [1.807, 2.05) is 0 Å². The molecular weight excluding hydrogens is 244 g/mol. The summed E-state index contributed by atoms with van der Waals surface area (Å²) in [6.07, 6.45) is 3.58. The average molecular weight is 264 g/mol. The molecule has 1 aliphatic rings. The van der Waals surface area contributed by atoms with E-state index in [0.29, 0.717) is 11.4 Å². The molecule has 2 heterocycles. The minimum Gasteiger partial charge on any atom is -0.370 e. The highest BCUT2D eigenvalue weighted by Crippen LogP contribution is 2.28. The smallest absolute Gasteiger partial charge is 0.290 e. The maximum atomic E-state index is 10.7. The standard InChI is InChI=1S/C13H20N4O2/c1-10-7-12(15-8-11(10)17(18)19)16-9-13(2)3-5-14-6-4-13/h7-8,14H,3-6,9H2,1-2H3,(H,15,16). The summed E-state index contributed by atoms with van der Waals surface area (Å²) in [5, 5.41) is 17.4. The van der Waals surface area contributed by atoms with Crippen LogP contribution in [0, 0.1) is 22.5 Å². The van der Waals surface area contributed by atoms with E-state index in [0.717, 1.165) is 32.5 Å². The van der Waals surface area contributed by atoms with E-state index >= 15 is 0 Å². The van der Waals surface area contributed by atoms with Crippen molar-refractivity contribution in [1.82, 2.24) is 10.3 Å². The largest absolute Gasteiger partial charge is 0.370 e. The highest BCUT2D eigenvalue weighted by Gasteiger charge is 2.26. The molecule has 6 nitrogen and oxygen atoms in total. The number of nitrogens with one attached hydrogen (secondary N) is 2. The Kier molecular flexibility index (Phi) is 3.99.